The fourth-order valence-electron chi connectivity index (χ4n) is 2.74. The Morgan fingerprint density at radius 1 is 1.33 bits per heavy atom. The van der Waals surface area contributed by atoms with Gasteiger partial charge in [-0.25, -0.2) is 19.4 Å². The van der Waals surface area contributed by atoms with Gasteiger partial charge in [-0.1, -0.05) is 11.8 Å². The average molecular weight is 387 g/mol. The minimum Gasteiger partial charge on any atom is -0.480 e. The molecule has 3 rings (SSSR count). The van der Waals surface area contributed by atoms with Crippen LogP contribution in [0.25, 0.3) is 0 Å². The minimum absolute atomic E-state index is 0.111. The first kappa shape index (κ1) is 18.8. The maximum absolute atomic E-state index is 14.5. The molecule has 0 bridgehead atoms. The predicted octanol–water partition coefficient (Wildman–Crippen LogP) is 3.06. The Labute approximate surface area is 160 Å². The maximum atomic E-state index is 14.5. The van der Waals surface area contributed by atoms with Gasteiger partial charge in [0.05, 0.1) is 19.5 Å². The molecule has 3 N–H and O–H groups in total. The van der Waals surface area contributed by atoms with Crippen molar-refractivity contribution in [3.63, 3.8) is 0 Å². The first-order valence-corrected chi connectivity index (χ1v) is 8.82. The van der Waals surface area contributed by atoms with E-state index in [4.69, 9.17) is 10.5 Å². The van der Waals surface area contributed by atoms with Crippen molar-refractivity contribution in [1.82, 2.24) is 9.97 Å². The Bertz CT molecular complexity index is 925. The number of nitrogens with zero attached hydrogens (tertiary/aromatic N) is 3. The Kier molecular flexibility index (Phi) is 5.13. The van der Waals surface area contributed by atoms with Crippen LogP contribution in [0.3, 0.4) is 0 Å². The van der Waals surface area contributed by atoms with Crippen molar-refractivity contribution >= 4 is 28.5 Å². The molecule has 0 aliphatic carbocycles. The summed E-state index contributed by atoms with van der Waals surface area (Å²) in [6, 6.07) is 4.30. The Balaban J connectivity index is 1.89. The van der Waals surface area contributed by atoms with Crippen molar-refractivity contribution in [2.24, 2.45) is 10.7 Å². The van der Waals surface area contributed by atoms with Gasteiger partial charge in [-0.05, 0) is 43.0 Å². The molecule has 1 aromatic heterocycles. The smallest absolute Gasteiger partial charge is 0.275 e. The number of anilines is 1. The number of allylic oxidation sites excluding steroid dienone is 1. The fourth-order valence-corrected chi connectivity index (χ4v) is 3.59. The van der Waals surface area contributed by atoms with Gasteiger partial charge in [0.2, 0.25) is 5.88 Å². The zero-order chi connectivity index (χ0) is 19.6. The first-order chi connectivity index (χ1) is 12.8. The van der Waals surface area contributed by atoms with Gasteiger partial charge in [0.15, 0.2) is 5.17 Å². The van der Waals surface area contributed by atoms with E-state index in [9.17, 15) is 9.18 Å². The number of hydrogen-bond acceptors (Lipinski definition) is 7. The molecule has 1 aromatic carbocycles. The summed E-state index contributed by atoms with van der Waals surface area (Å²) in [4.78, 5) is 25.6. The summed E-state index contributed by atoms with van der Waals surface area (Å²) in [5, 5.41) is 3.05. The molecule has 1 aliphatic heterocycles. The Morgan fingerprint density at radius 2 is 2.11 bits per heavy atom. The molecule has 2 aromatic rings. The first-order valence-electron chi connectivity index (χ1n) is 8.01. The lowest BCUT2D eigenvalue weighted by atomic mass is 9.91. The molecule has 0 spiro atoms. The van der Waals surface area contributed by atoms with Crippen molar-refractivity contribution in [3.8, 4) is 5.88 Å². The third-order valence-electron chi connectivity index (χ3n) is 3.93. The van der Waals surface area contributed by atoms with Crippen LogP contribution in [0.15, 0.2) is 46.6 Å². The number of nitrogens with one attached hydrogen (secondary N) is 1. The Hall–Kier alpha value is -2.94. The number of halogens is 1. The molecule has 1 aliphatic rings. The number of nitrogens with two attached hydrogens (primary N) is 1. The molecule has 1 atom stereocenters. The summed E-state index contributed by atoms with van der Waals surface area (Å²) in [5.74, 6) is -0.606. The van der Waals surface area contributed by atoms with Crippen LogP contribution < -0.4 is 15.8 Å². The van der Waals surface area contributed by atoms with E-state index in [1.54, 1.807) is 13.0 Å². The van der Waals surface area contributed by atoms with Gasteiger partial charge in [0.25, 0.3) is 5.91 Å². The van der Waals surface area contributed by atoms with Gasteiger partial charge >= 0.3 is 0 Å². The monoisotopic (exact) mass is 387 g/mol. The topological polar surface area (TPSA) is 102 Å². The summed E-state index contributed by atoms with van der Waals surface area (Å²) in [7, 11) is 1.46. The van der Waals surface area contributed by atoms with Crippen LogP contribution in [0.2, 0.25) is 0 Å². The van der Waals surface area contributed by atoms with E-state index in [-0.39, 0.29) is 5.69 Å². The van der Waals surface area contributed by atoms with Crippen LogP contribution >= 0.6 is 11.8 Å². The van der Waals surface area contributed by atoms with Crippen LogP contribution in [0.5, 0.6) is 5.88 Å². The summed E-state index contributed by atoms with van der Waals surface area (Å²) < 4.78 is 19.4. The van der Waals surface area contributed by atoms with Crippen LogP contribution in [0, 0.1) is 5.82 Å². The summed E-state index contributed by atoms with van der Waals surface area (Å²) in [6.07, 6.45) is 4.49. The minimum atomic E-state index is -0.954. The van der Waals surface area contributed by atoms with E-state index in [0.29, 0.717) is 22.3 Å². The lowest BCUT2D eigenvalue weighted by molar-refractivity contribution is 0.102. The van der Waals surface area contributed by atoms with E-state index in [2.05, 4.69) is 20.3 Å². The zero-order valence-electron chi connectivity index (χ0n) is 15.0. The number of carbonyl (C=O) groups is 1. The van der Waals surface area contributed by atoms with Crippen molar-refractivity contribution in [2.45, 2.75) is 19.4 Å². The number of hydrogen-bond donors (Lipinski definition) is 2. The number of benzene rings is 1. The van der Waals surface area contributed by atoms with Gasteiger partial charge in [0, 0.05) is 11.3 Å². The SMILES string of the molecule is COc1cnc(C(=O)Nc2ccc(F)c([C@]3(C)C=C(C)SC(N)=N3)c2)cn1. The molecule has 7 nitrogen and oxygen atoms in total. The molecule has 0 fully saturated rings. The molecule has 0 radical (unpaired) electrons. The second kappa shape index (κ2) is 7.36. The van der Waals surface area contributed by atoms with E-state index < -0.39 is 17.3 Å². The summed E-state index contributed by atoms with van der Waals surface area (Å²) in [6.45, 7) is 3.65. The standard InChI is InChI=1S/C18H18FN5O2S/c1-10-7-18(2,24-17(20)27-10)12-6-11(4-5-13(12)19)23-16(25)14-8-22-15(26-3)9-21-14/h4-9H,1-3H3,(H2,20,24)(H,23,25)/t18-/m0/s1. The third-order valence-corrected chi connectivity index (χ3v) is 4.67. The maximum Gasteiger partial charge on any atom is 0.275 e. The quantitative estimate of drug-likeness (QED) is 0.836. The molecule has 140 valence electrons. The summed E-state index contributed by atoms with van der Waals surface area (Å²) in [5.41, 5.74) is 5.74. The molecule has 27 heavy (non-hydrogen) atoms. The normalized spacial score (nSPS) is 19.1. The molecule has 2 heterocycles. The molecular weight excluding hydrogens is 369 g/mol. The molecular formula is C18H18FN5O2S. The van der Waals surface area contributed by atoms with Crippen LogP contribution in [-0.2, 0) is 5.54 Å². The summed E-state index contributed by atoms with van der Waals surface area (Å²) >= 11 is 1.33. The van der Waals surface area contributed by atoms with E-state index in [0.717, 1.165) is 4.91 Å². The highest BCUT2D eigenvalue weighted by molar-refractivity contribution is 8.17. The molecule has 9 heteroatoms. The second-order valence-electron chi connectivity index (χ2n) is 6.05. The van der Waals surface area contributed by atoms with E-state index >= 15 is 0 Å². The number of methoxy groups -OCH3 is 1. The number of rotatable bonds is 4. The number of amidine groups is 1. The second-order valence-corrected chi connectivity index (χ2v) is 7.31. The van der Waals surface area contributed by atoms with E-state index in [1.165, 1.54) is 43.4 Å². The lowest BCUT2D eigenvalue weighted by Crippen LogP contribution is -2.26. The van der Waals surface area contributed by atoms with Crippen molar-refractivity contribution in [1.29, 1.82) is 0 Å². The van der Waals surface area contributed by atoms with Crippen molar-refractivity contribution in [2.75, 3.05) is 12.4 Å². The van der Waals surface area contributed by atoms with Gasteiger partial charge in [-0.2, -0.15) is 0 Å². The number of ether oxygens (including phenoxy) is 1. The predicted molar refractivity (Wildman–Crippen MR) is 103 cm³/mol. The van der Waals surface area contributed by atoms with Gasteiger partial charge in [0.1, 0.15) is 17.1 Å². The number of thioether (sulfide) groups is 1. The largest absolute Gasteiger partial charge is 0.480 e. The van der Waals surface area contributed by atoms with Gasteiger partial charge < -0.3 is 15.8 Å². The van der Waals surface area contributed by atoms with Crippen LogP contribution in [-0.4, -0.2) is 28.2 Å². The van der Waals surface area contributed by atoms with Crippen LogP contribution in [0.1, 0.15) is 29.9 Å². The van der Waals surface area contributed by atoms with Crippen molar-refractivity contribution < 1.29 is 13.9 Å². The van der Waals surface area contributed by atoms with Gasteiger partial charge in [-0.15, -0.1) is 0 Å². The van der Waals surface area contributed by atoms with Crippen molar-refractivity contribution in [3.05, 3.63) is 58.6 Å². The third kappa shape index (κ3) is 4.08. The fraction of sp³-hybridized carbons (Fsp3) is 0.222. The Morgan fingerprint density at radius 3 is 2.74 bits per heavy atom. The highest BCUT2D eigenvalue weighted by Crippen LogP contribution is 2.38. The molecule has 0 saturated heterocycles. The highest BCUT2D eigenvalue weighted by atomic mass is 32.2. The number of aliphatic imine (C=N–C) groups is 1. The average Bonchev–Trinajstić information content (AvgIpc) is 2.62. The van der Waals surface area contributed by atoms with Gasteiger partial charge in [-0.3, -0.25) is 4.79 Å². The lowest BCUT2D eigenvalue weighted by Gasteiger charge is -2.27. The number of amides is 1. The number of aromatic nitrogens is 2. The van der Waals surface area contributed by atoms with Crippen LogP contribution in [0.4, 0.5) is 10.1 Å². The molecule has 0 unspecified atom stereocenters. The zero-order valence-corrected chi connectivity index (χ0v) is 15.8. The highest BCUT2D eigenvalue weighted by Gasteiger charge is 2.30. The molecule has 1 amide bonds. The van der Waals surface area contributed by atoms with E-state index in [1.807, 2.05) is 13.0 Å². The molecule has 0 saturated carbocycles. The number of carbonyl (C=O) groups excluding carboxylic acids is 1.